The molecule has 5 nitrogen and oxygen atoms in total. The first-order valence-corrected chi connectivity index (χ1v) is 9.54. The minimum atomic E-state index is -3.47. The van der Waals surface area contributed by atoms with Gasteiger partial charge in [0.05, 0.1) is 15.2 Å². The van der Waals surface area contributed by atoms with E-state index in [1.807, 2.05) is 7.05 Å². The highest BCUT2D eigenvalue weighted by molar-refractivity contribution is 7.92. The fourth-order valence-electron chi connectivity index (χ4n) is 2.23. The zero-order valence-corrected chi connectivity index (χ0v) is 14.6. The molecule has 0 aromatic carbocycles. The number of nitrogens with zero attached hydrogens (tertiary/aromatic N) is 1. The molecule has 8 heteroatoms. The summed E-state index contributed by atoms with van der Waals surface area (Å²) in [6.45, 7) is 4.93. The zero-order chi connectivity index (χ0) is 15.8. The standard InChI is InChI=1S/C13H19ClN2O3S2/c1-8(2)21(18,19)10-7-20-12(11(10)14)13(17)15-9-4-5-16(3)6-9/h7-9H,4-6H2,1-3H3,(H,15,17)/t9-/m1/s1. The van der Waals surface area contributed by atoms with Crippen molar-refractivity contribution in [2.24, 2.45) is 0 Å². The van der Waals surface area contributed by atoms with Gasteiger partial charge in [0.2, 0.25) is 0 Å². The molecule has 0 unspecified atom stereocenters. The van der Waals surface area contributed by atoms with Crippen molar-refractivity contribution in [3.8, 4) is 0 Å². The number of carbonyl (C=O) groups excluding carboxylic acids is 1. The average Bonchev–Trinajstić information content (AvgIpc) is 2.95. The number of sulfone groups is 1. The highest BCUT2D eigenvalue weighted by Gasteiger charge is 2.29. The van der Waals surface area contributed by atoms with Crippen molar-refractivity contribution in [3.05, 3.63) is 15.3 Å². The van der Waals surface area contributed by atoms with Crippen LogP contribution in [0, 0.1) is 0 Å². The normalized spacial score (nSPS) is 20.1. The van der Waals surface area contributed by atoms with E-state index in [9.17, 15) is 13.2 Å². The molecule has 2 rings (SSSR count). The summed E-state index contributed by atoms with van der Waals surface area (Å²) in [5.41, 5.74) is 0. The van der Waals surface area contributed by atoms with Crippen molar-refractivity contribution in [2.75, 3.05) is 20.1 Å². The van der Waals surface area contributed by atoms with Crippen molar-refractivity contribution in [1.29, 1.82) is 0 Å². The Labute approximate surface area is 134 Å². The van der Waals surface area contributed by atoms with E-state index in [-0.39, 0.29) is 26.7 Å². The lowest BCUT2D eigenvalue weighted by atomic mass is 10.2. The molecule has 118 valence electrons. The van der Waals surface area contributed by atoms with Crippen LogP contribution < -0.4 is 5.32 Å². The van der Waals surface area contributed by atoms with E-state index in [1.54, 1.807) is 13.8 Å². The Kier molecular flexibility index (Phi) is 4.97. The molecule has 1 aliphatic rings. The predicted octanol–water partition coefficient (Wildman–Crippen LogP) is 2.02. The quantitative estimate of drug-likeness (QED) is 0.902. The van der Waals surface area contributed by atoms with Gasteiger partial charge in [-0.3, -0.25) is 4.79 Å². The number of amides is 1. The number of thiophene rings is 1. The number of hydrogen-bond donors (Lipinski definition) is 1. The molecule has 1 amide bonds. The van der Waals surface area contributed by atoms with Gasteiger partial charge < -0.3 is 10.2 Å². The molecule has 0 bridgehead atoms. The number of hydrogen-bond acceptors (Lipinski definition) is 5. The van der Waals surface area contributed by atoms with Crippen LogP contribution in [-0.2, 0) is 9.84 Å². The molecule has 1 atom stereocenters. The monoisotopic (exact) mass is 350 g/mol. The van der Waals surface area contributed by atoms with Crippen LogP contribution in [0.1, 0.15) is 29.9 Å². The molecule has 1 aromatic heterocycles. The number of carbonyl (C=O) groups is 1. The first-order valence-electron chi connectivity index (χ1n) is 6.73. The summed E-state index contributed by atoms with van der Waals surface area (Å²) >= 11 is 7.20. The summed E-state index contributed by atoms with van der Waals surface area (Å²) in [5.74, 6) is -0.296. The van der Waals surface area contributed by atoms with Gasteiger partial charge in [0.1, 0.15) is 4.88 Å². The van der Waals surface area contributed by atoms with Gasteiger partial charge >= 0.3 is 0 Å². The number of halogens is 1. The van der Waals surface area contributed by atoms with E-state index < -0.39 is 15.1 Å². The van der Waals surface area contributed by atoms with E-state index in [4.69, 9.17) is 11.6 Å². The Hall–Kier alpha value is -0.630. The van der Waals surface area contributed by atoms with Crippen molar-refractivity contribution < 1.29 is 13.2 Å². The van der Waals surface area contributed by atoms with Crippen molar-refractivity contribution in [1.82, 2.24) is 10.2 Å². The molecule has 1 aliphatic heterocycles. The Balaban J connectivity index is 2.19. The first kappa shape index (κ1) is 16.7. The van der Waals surface area contributed by atoms with Crippen molar-refractivity contribution in [3.63, 3.8) is 0 Å². The number of likely N-dealkylation sites (N-methyl/N-ethyl adjacent to an activating group) is 1. The highest BCUT2D eigenvalue weighted by atomic mass is 35.5. The summed E-state index contributed by atoms with van der Waals surface area (Å²) in [7, 11) is -1.47. The largest absolute Gasteiger partial charge is 0.347 e. The molecule has 0 radical (unpaired) electrons. The Morgan fingerprint density at radius 2 is 2.19 bits per heavy atom. The van der Waals surface area contributed by atoms with Crippen LogP contribution in [-0.4, -0.2) is 50.7 Å². The third kappa shape index (κ3) is 3.41. The second-order valence-electron chi connectivity index (χ2n) is 5.56. The molecule has 0 aliphatic carbocycles. The van der Waals surface area contributed by atoms with E-state index >= 15 is 0 Å². The molecule has 1 N–H and O–H groups in total. The maximum Gasteiger partial charge on any atom is 0.263 e. The predicted molar refractivity (Wildman–Crippen MR) is 85.0 cm³/mol. The van der Waals surface area contributed by atoms with E-state index in [0.29, 0.717) is 0 Å². The van der Waals surface area contributed by atoms with Crippen LogP contribution >= 0.6 is 22.9 Å². The lowest BCUT2D eigenvalue weighted by Crippen LogP contribution is -2.36. The minimum absolute atomic E-state index is 0.0394. The maximum atomic E-state index is 12.2. The molecule has 1 aromatic rings. The number of likely N-dealkylation sites (tertiary alicyclic amines) is 1. The van der Waals surface area contributed by atoms with Crippen LogP contribution in [0.15, 0.2) is 10.3 Å². The zero-order valence-electron chi connectivity index (χ0n) is 12.2. The van der Waals surface area contributed by atoms with E-state index in [1.165, 1.54) is 5.38 Å². The van der Waals surface area contributed by atoms with Crippen LogP contribution in [0.25, 0.3) is 0 Å². The van der Waals surface area contributed by atoms with Crippen LogP contribution in [0.2, 0.25) is 5.02 Å². The summed E-state index contributed by atoms with van der Waals surface area (Å²) in [5, 5.41) is 3.84. The third-order valence-electron chi connectivity index (χ3n) is 3.56. The second kappa shape index (κ2) is 6.24. The van der Waals surface area contributed by atoms with E-state index in [2.05, 4.69) is 10.2 Å². The van der Waals surface area contributed by atoms with E-state index in [0.717, 1.165) is 30.8 Å². The SMILES string of the molecule is CC(C)S(=O)(=O)c1csc(C(=O)N[C@@H]2CCN(C)C2)c1Cl. The van der Waals surface area contributed by atoms with Gasteiger partial charge in [-0.25, -0.2) is 8.42 Å². The maximum absolute atomic E-state index is 12.2. The highest BCUT2D eigenvalue weighted by Crippen LogP contribution is 2.33. The Bertz CT molecular complexity index is 640. The molecular weight excluding hydrogens is 332 g/mol. The Morgan fingerprint density at radius 3 is 2.71 bits per heavy atom. The summed E-state index contributed by atoms with van der Waals surface area (Å²) in [4.78, 5) is 14.7. The third-order valence-corrected chi connectivity index (χ3v) is 7.48. The fraction of sp³-hybridized carbons (Fsp3) is 0.615. The summed E-state index contributed by atoms with van der Waals surface area (Å²) in [6, 6.07) is 0.0887. The lowest BCUT2D eigenvalue weighted by Gasteiger charge is -2.12. The number of rotatable bonds is 4. The topological polar surface area (TPSA) is 66.5 Å². The number of nitrogens with one attached hydrogen (secondary N) is 1. The van der Waals surface area contributed by atoms with Gasteiger partial charge in [0, 0.05) is 18.0 Å². The molecular formula is C13H19ClN2O3S2. The van der Waals surface area contributed by atoms with Crippen LogP contribution in [0.5, 0.6) is 0 Å². The summed E-state index contributed by atoms with van der Waals surface area (Å²) in [6.07, 6.45) is 0.891. The fourth-order valence-corrected chi connectivity index (χ4v) is 5.22. The molecule has 1 fully saturated rings. The smallest absolute Gasteiger partial charge is 0.263 e. The molecule has 2 heterocycles. The first-order chi connectivity index (χ1) is 9.73. The van der Waals surface area contributed by atoms with Crippen LogP contribution in [0.4, 0.5) is 0 Å². The molecule has 0 spiro atoms. The van der Waals surface area contributed by atoms with Crippen molar-refractivity contribution >= 4 is 38.7 Å². The lowest BCUT2D eigenvalue weighted by molar-refractivity contribution is 0.0942. The molecule has 0 saturated carbocycles. The average molecular weight is 351 g/mol. The van der Waals surface area contributed by atoms with Crippen LogP contribution in [0.3, 0.4) is 0 Å². The van der Waals surface area contributed by atoms with Gasteiger partial charge in [-0.2, -0.15) is 0 Å². The molecule has 21 heavy (non-hydrogen) atoms. The van der Waals surface area contributed by atoms with Gasteiger partial charge in [0.25, 0.3) is 5.91 Å². The van der Waals surface area contributed by atoms with Gasteiger partial charge in [-0.05, 0) is 33.9 Å². The van der Waals surface area contributed by atoms with Gasteiger partial charge in [-0.1, -0.05) is 11.6 Å². The second-order valence-corrected chi connectivity index (χ2v) is 9.29. The minimum Gasteiger partial charge on any atom is -0.347 e. The van der Waals surface area contributed by atoms with Gasteiger partial charge in [-0.15, -0.1) is 11.3 Å². The Morgan fingerprint density at radius 1 is 1.52 bits per heavy atom. The summed E-state index contributed by atoms with van der Waals surface area (Å²) < 4.78 is 24.3. The molecule has 1 saturated heterocycles. The van der Waals surface area contributed by atoms with Gasteiger partial charge in [0.15, 0.2) is 9.84 Å². The van der Waals surface area contributed by atoms with Crippen molar-refractivity contribution in [2.45, 2.75) is 36.5 Å².